The number of hydrogen-bond donors (Lipinski definition) is 1. The standard InChI is InChI=1S/C31H36N2O5S/c1-33(2)31-32-26-28(36-20-23-14-8-4-9-15-23)29(37-21-24-16-10-5-11-17-24)27(38-30(26)39-31)25(18-34)35-19-22-12-6-3-7-13-22/h3-17,25-30,34H,18-21H2,1-2H3/t25-,26+,27+,28+,29-,30+/m0/s1. The van der Waals surface area contributed by atoms with E-state index < -0.39 is 24.4 Å². The molecule has 0 amide bonds. The van der Waals surface area contributed by atoms with Gasteiger partial charge in [-0.3, -0.25) is 4.99 Å². The summed E-state index contributed by atoms with van der Waals surface area (Å²) < 4.78 is 26.1. The Labute approximate surface area is 234 Å². The molecule has 206 valence electrons. The average Bonchev–Trinajstić information content (AvgIpc) is 3.41. The van der Waals surface area contributed by atoms with Crippen LogP contribution >= 0.6 is 11.8 Å². The maximum Gasteiger partial charge on any atom is 0.161 e. The van der Waals surface area contributed by atoms with Gasteiger partial charge in [0.25, 0.3) is 0 Å². The van der Waals surface area contributed by atoms with E-state index in [1.165, 1.54) is 0 Å². The van der Waals surface area contributed by atoms with Crippen LogP contribution in [0.4, 0.5) is 0 Å². The summed E-state index contributed by atoms with van der Waals surface area (Å²) in [5, 5.41) is 11.4. The minimum absolute atomic E-state index is 0.211. The minimum atomic E-state index is -0.612. The molecule has 39 heavy (non-hydrogen) atoms. The van der Waals surface area contributed by atoms with Crippen molar-refractivity contribution in [3.8, 4) is 0 Å². The van der Waals surface area contributed by atoms with Gasteiger partial charge in [0, 0.05) is 14.1 Å². The maximum absolute atomic E-state index is 10.5. The van der Waals surface area contributed by atoms with E-state index in [2.05, 4.69) is 0 Å². The molecule has 8 heteroatoms. The van der Waals surface area contributed by atoms with E-state index in [9.17, 15) is 5.11 Å². The highest BCUT2D eigenvalue weighted by molar-refractivity contribution is 8.14. The first-order valence-corrected chi connectivity index (χ1v) is 14.1. The van der Waals surface area contributed by atoms with Crippen molar-refractivity contribution in [1.29, 1.82) is 0 Å². The molecule has 0 unspecified atom stereocenters. The number of amidine groups is 1. The highest BCUT2D eigenvalue weighted by Gasteiger charge is 2.53. The molecule has 3 aromatic carbocycles. The molecule has 0 aromatic heterocycles. The lowest BCUT2D eigenvalue weighted by molar-refractivity contribution is -0.232. The number of nitrogens with zero attached hydrogens (tertiary/aromatic N) is 2. The summed E-state index contributed by atoms with van der Waals surface area (Å²) in [4.78, 5) is 6.98. The number of thioether (sulfide) groups is 1. The van der Waals surface area contributed by atoms with Crippen LogP contribution in [-0.2, 0) is 38.8 Å². The highest BCUT2D eigenvalue weighted by Crippen LogP contribution is 2.41. The first-order chi connectivity index (χ1) is 19.1. The van der Waals surface area contributed by atoms with Gasteiger partial charge in [-0.1, -0.05) is 103 Å². The van der Waals surface area contributed by atoms with Crippen molar-refractivity contribution >= 4 is 16.9 Å². The monoisotopic (exact) mass is 548 g/mol. The molecule has 5 rings (SSSR count). The Bertz CT molecular complexity index is 1180. The summed E-state index contributed by atoms with van der Waals surface area (Å²) in [7, 11) is 3.95. The van der Waals surface area contributed by atoms with Crippen LogP contribution in [0.15, 0.2) is 96.0 Å². The van der Waals surface area contributed by atoms with Gasteiger partial charge in [0.1, 0.15) is 35.9 Å². The van der Waals surface area contributed by atoms with E-state index in [0.29, 0.717) is 19.8 Å². The van der Waals surface area contributed by atoms with Crippen LogP contribution in [0.5, 0.6) is 0 Å². The lowest BCUT2D eigenvalue weighted by Crippen LogP contribution is -2.61. The number of aliphatic hydroxyl groups is 1. The Balaban J connectivity index is 1.43. The Morgan fingerprint density at radius 2 is 1.31 bits per heavy atom. The zero-order chi connectivity index (χ0) is 27.0. The zero-order valence-corrected chi connectivity index (χ0v) is 23.2. The molecule has 3 aromatic rings. The second kappa shape index (κ2) is 13.6. The number of aliphatic imine (C=N–C) groups is 1. The number of aliphatic hydroxyl groups excluding tert-OH is 1. The molecule has 0 radical (unpaired) electrons. The second-order valence-corrected chi connectivity index (χ2v) is 11.0. The van der Waals surface area contributed by atoms with Gasteiger partial charge < -0.3 is 29.0 Å². The Morgan fingerprint density at radius 1 is 0.795 bits per heavy atom. The van der Waals surface area contributed by atoms with E-state index in [-0.39, 0.29) is 18.1 Å². The molecule has 6 atom stereocenters. The Hall–Kier alpha value is -2.72. The van der Waals surface area contributed by atoms with Crippen molar-refractivity contribution in [2.75, 3.05) is 20.7 Å². The topological polar surface area (TPSA) is 72.8 Å². The molecular formula is C31H36N2O5S. The summed E-state index contributed by atoms with van der Waals surface area (Å²) in [6, 6.07) is 29.8. The van der Waals surface area contributed by atoms with E-state index in [0.717, 1.165) is 21.9 Å². The first-order valence-electron chi connectivity index (χ1n) is 13.3. The van der Waals surface area contributed by atoms with E-state index in [4.69, 9.17) is 23.9 Å². The lowest BCUT2D eigenvalue weighted by Gasteiger charge is -2.45. The number of ether oxygens (including phenoxy) is 4. The molecule has 2 aliphatic heterocycles. The van der Waals surface area contributed by atoms with Gasteiger partial charge in [-0.05, 0) is 16.7 Å². The molecular weight excluding hydrogens is 512 g/mol. The molecule has 7 nitrogen and oxygen atoms in total. The second-order valence-electron chi connectivity index (χ2n) is 9.92. The number of rotatable bonds is 11. The van der Waals surface area contributed by atoms with Gasteiger partial charge in [-0.2, -0.15) is 0 Å². The largest absolute Gasteiger partial charge is 0.394 e. The van der Waals surface area contributed by atoms with Crippen molar-refractivity contribution in [3.05, 3.63) is 108 Å². The number of fused-ring (bicyclic) bond motifs is 1. The molecule has 1 saturated heterocycles. The third-order valence-corrected chi connectivity index (χ3v) is 8.15. The van der Waals surface area contributed by atoms with Crippen molar-refractivity contribution in [3.63, 3.8) is 0 Å². The summed E-state index contributed by atoms with van der Waals surface area (Å²) in [6.07, 6.45) is -2.10. The van der Waals surface area contributed by atoms with Gasteiger partial charge in [0.15, 0.2) is 5.17 Å². The van der Waals surface area contributed by atoms with E-state index in [1.807, 2.05) is 110 Å². The van der Waals surface area contributed by atoms with Crippen LogP contribution < -0.4 is 0 Å². The fourth-order valence-corrected chi connectivity index (χ4v) is 5.95. The normalized spacial score (nSPS) is 25.1. The van der Waals surface area contributed by atoms with Crippen LogP contribution in [0.2, 0.25) is 0 Å². The van der Waals surface area contributed by atoms with Crippen LogP contribution in [0.1, 0.15) is 16.7 Å². The van der Waals surface area contributed by atoms with Crippen LogP contribution in [0.25, 0.3) is 0 Å². The molecule has 0 saturated carbocycles. The molecule has 2 aliphatic rings. The zero-order valence-electron chi connectivity index (χ0n) is 22.3. The van der Waals surface area contributed by atoms with Crippen molar-refractivity contribution in [2.24, 2.45) is 4.99 Å². The SMILES string of the molecule is CN(C)C1=N[C@@H]2[C@@H](OCc3ccccc3)[C@@H](OCc3ccccc3)[C@@H]([C@H](CO)OCc3ccccc3)O[C@@H]2S1. The molecule has 0 bridgehead atoms. The Kier molecular flexibility index (Phi) is 9.68. The van der Waals surface area contributed by atoms with Crippen molar-refractivity contribution < 1.29 is 24.1 Å². The summed E-state index contributed by atoms with van der Waals surface area (Å²) in [5.74, 6) is 0. The third kappa shape index (κ3) is 7.08. The number of benzene rings is 3. The van der Waals surface area contributed by atoms with Gasteiger partial charge >= 0.3 is 0 Å². The fraction of sp³-hybridized carbons (Fsp3) is 0.387. The van der Waals surface area contributed by atoms with Gasteiger partial charge in [-0.25, -0.2) is 0 Å². The first kappa shape index (κ1) is 27.8. The molecule has 1 fully saturated rings. The summed E-state index contributed by atoms with van der Waals surface area (Å²) in [6.45, 7) is 0.937. The third-order valence-electron chi connectivity index (χ3n) is 6.84. The van der Waals surface area contributed by atoms with Gasteiger partial charge in [0.2, 0.25) is 0 Å². The summed E-state index contributed by atoms with van der Waals surface area (Å²) >= 11 is 1.57. The van der Waals surface area contributed by atoms with Crippen molar-refractivity contribution in [1.82, 2.24) is 4.90 Å². The fourth-order valence-electron chi connectivity index (χ4n) is 4.81. The average molecular weight is 549 g/mol. The Morgan fingerprint density at radius 3 is 1.82 bits per heavy atom. The van der Waals surface area contributed by atoms with Gasteiger partial charge in [0.05, 0.1) is 26.4 Å². The van der Waals surface area contributed by atoms with Crippen LogP contribution in [-0.4, -0.2) is 71.8 Å². The van der Waals surface area contributed by atoms with E-state index >= 15 is 0 Å². The predicted octanol–water partition coefficient (Wildman–Crippen LogP) is 4.49. The molecule has 2 heterocycles. The maximum atomic E-state index is 10.5. The van der Waals surface area contributed by atoms with Crippen LogP contribution in [0, 0.1) is 0 Å². The predicted molar refractivity (Wildman–Crippen MR) is 153 cm³/mol. The molecule has 1 N–H and O–H groups in total. The molecule has 0 aliphatic carbocycles. The van der Waals surface area contributed by atoms with Crippen LogP contribution in [0.3, 0.4) is 0 Å². The highest BCUT2D eigenvalue weighted by atomic mass is 32.2. The lowest BCUT2D eigenvalue weighted by atomic mass is 9.94. The minimum Gasteiger partial charge on any atom is -0.394 e. The quantitative estimate of drug-likeness (QED) is 0.379. The molecule has 0 spiro atoms. The smallest absolute Gasteiger partial charge is 0.161 e. The summed E-state index contributed by atoms with van der Waals surface area (Å²) in [5.41, 5.74) is 2.86. The number of hydrogen-bond acceptors (Lipinski definition) is 8. The van der Waals surface area contributed by atoms with Crippen molar-refractivity contribution in [2.45, 2.75) is 55.7 Å². The van der Waals surface area contributed by atoms with E-state index in [1.54, 1.807) is 11.8 Å². The van der Waals surface area contributed by atoms with Gasteiger partial charge in [-0.15, -0.1) is 0 Å².